The molecule has 1 aromatic heterocycles. The number of rotatable bonds is 12. The number of carbonyl (C=O) groups is 1. The Hall–Kier alpha value is -1.52. The lowest BCUT2D eigenvalue weighted by atomic mass is 10.1. The van der Waals surface area contributed by atoms with Gasteiger partial charge in [0, 0.05) is 6.54 Å². The number of hydrogen-bond acceptors (Lipinski definition) is 4. The zero-order chi connectivity index (χ0) is 17.1. The van der Waals surface area contributed by atoms with Gasteiger partial charge in [0.25, 0.3) is 6.01 Å². The Morgan fingerprint density at radius 1 is 1.04 bits per heavy atom. The highest BCUT2D eigenvalue weighted by Crippen LogP contribution is 2.19. The van der Waals surface area contributed by atoms with Gasteiger partial charge in [-0.15, -0.1) is 0 Å². The Kier molecular flexibility index (Phi) is 9.41. The number of ether oxygens (including phenoxy) is 1. The molecule has 0 aliphatic carbocycles. The molecule has 0 saturated carbocycles. The van der Waals surface area contributed by atoms with E-state index in [9.17, 15) is 9.90 Å². The van der Waals surface area contributed by atoms with E-state index in [2.05, 4.69) is 11.9 Å². The predicted molar refractivity (Wildman–Crippen MR) is 91.8 cm³/mol. The summed E-state index contributed by atoms with van der Waals surface area (Å²) in [6.07, 6.45) is 12.5. The highest BCUT2D eigenvalue weighted by molar-refractivity contribution is 5.89. The molecule has 0 amide bonds. The van der Waals surface area contributed by atoms with Gasteiger partial charge in [0.2, 0.25) is 0 Å². The third-order valence-corrected chi connectivity index (χ3v) is 4.24. The Labute approximate surface area is 140 Å². The molecule has 0 bridgehead atoms. The zero-order valence-electron chi connectivity index (χ0n) is 14.9. The summed E-state index contributed by atoms with van der Waals surface area (Å²) < 4.78 is 6.32. The maximum Gasteiger partial charge on any atom is 0.356 e. The van der Waals surface area contributed by atoms with E-state index in [-0.39, 0.29) is 6.01 Å². The lowest BCUT2D eigenvalue weighted by Crippen LogP contribution is -2.12. The van der Waals surface area contributed by atoms with Gasteiger partial charge in [-0.3, -0.25) is 4.57 Å². The molecular weight excluding hydrogens is 292 g/mol. The molecule has 0 atom stereocenters. The van der Waals surface area contributed by atoms with Gasteiger partial charge in [-0.05, 0) is 13.3 Å². The van der Waals surface area contributed by atoms with Crippen LogP contribution in [0.25, 0.3) is 0 Å². The molecule has 1 aromatic rings. The Morgan fingerprint density at radius 3 is 2.09 bits per heavy atom. The Bertz CT molecular complexity index is 469. The average molecular weight is 324 g/mol. The molecule has 23 heavy (non-hydrogen) atoms. The standard InChI is InChI=1S/C18H32N2O3/c1-4-5-6-7-8-9-10-11-12-13-14-20-16(17(21)23-3)15(2)19-18(20)22/h4-14H2,1-3H3,(H,19,22). The smallest absolute Gasteiger partial charge is 0.356 e. The van der Waals surface area contributed by atoms with Crippen LogP contribution in [0, 0.1) is 6.92 Å². The summed E-state index contributed by atoms with van der Waals surface area (Å²) >= 11 is 0. The van der Waals surface area contributed by atoms with Crippen LogP contribution < -0.4 is 0 Å². The van der Waals surface area contributed by atoms with Crippen LogP contribution in [0.15, 0.2) is 0 Å². The van der Waals surface area contributed by atoms with Gasteiger partial charge in [0.15, 0.2) is 5.69 Å². The minimum absolute atomic E-state index is 0.0983. The number of esters is 1. The lowest BCUT2D eigenvalue weighted by molar-refractivity contribution is 0.0586. The molecule has 5 heteroatoms. The van der Waals surface area contributed by atoms with Crippen LogP contribution in [0.4, 0.5) is 0 Å². The zero-order valence-corrected chi connectivity index (χ0v) is 14.9. The fourth-order valence-electron chi connectivity index (χ4n) is 2.88. The summed E-state index contributed by atoms with van der Waals surface area (Å²) in [6.45, 7) is 4.56. The highest BCUT2D eigenvalue weighted by Gasteiger charge is 2.20. The number of aromatic hydroxyl groups is 1. The fourth-order valence-corrected chi connectivity index (χ4v) is 2.88. The number of carbonyl (C=O) groups excluding carboxylic acids is 1. The summed E-state index contributed by atoms with van der Waals surface area (Å²) in [5, 5.41) is 9.84. The molecule has 0 radical (unpaired) electrons. The van der Waals surface area contributed by atoms with Crippen molar-refractivity contribution in [2.45, 2.75) is 84.6 Å². The van der Waals surface area contributed by atoms with Gasteiger partial charge in [0.05, 0.1) is 12.8 Å². The predicted octanol–water partition coefficient (Wildman–Crippen LogP) is 4.60. The SMILES string of the molecule is CCCCCCCCCCCCn1c(O)nc(C)c1C(=O)OC. The second kappa shape index (κ2) is 11.1. The molecule has 1 N–H and O–H groups in total. The Morgan fingerprint density at radius 2 is 1.57 bits per heavy atom. The minimum atomic E-state index is -0.442. The summed E-state index contributed by atoms with van der Waals surface area (Å²) in [6, 6.07) is -0.0983. The van der Waals surface area contributed by atoms with E-state index < -0.39 is 5.97 Å². The van der Waals surface area contributed by atoms with Crippen molar-refractivity contribution in [2.24, 2.45) is 0 Å². The van der Waals surface area contributed by atoms with E-state index in [1.54, 1.807) is 11.5 Å². The van der Waals surface area contributed by atoms with Gasteiger partial charge in [-0.2, -0.15) is 4.98 Å². The van der Waals surface area contributed by atoms with Crippen LogP contribution in [0.3, 0.4) is 0 Å². The van der Waals surface area contributed by atoms with Crippen molar-refractivity contribution in [2.75, 3.05) is 7.11 Å². The quantitative estimate of drug-likeness (QED) is 0.450. The molecule has 0 aromatic carbocycles. The van der Waals surface area contributed by atoms with E-state index in [4.69, 9.17) is 4.74 Å². The second-order valence-electron chi connectivity index (χ2n) is 6.17. The first kappa shape index (κ1) is 19.5. The van der Waals surface area contributed by atoms with E-state index in [1.807, 2.05) is 0 Å². The summed E-state index contributed by atoms with van der Waals surface area (Å²) in [7, 11) is 1.34. The van der Waals surface area contributed by atoms with Crippen LogP contribution >= 0.6 is 0 Å². The van der Waals surface area contributed by atoms with Crippen molar-refractivity contribution in [3.63, 3.8) is 0 Å². The number of hydrogen-bond donors (Lipinski definition) is 1. The van der Waals surface area contributed by atoms with Crippen molar-refractivity contribution < 1.29 is 14.6 Å². The monoisotopic (exact) mass is 324 g/mol. The van der Waals surface area contributed by atoms with Gasteiger partial charge in [0.1, 0.15) is 0 Å². The third kappa shape index (κ3) is 6.63. The molecule has 1 heterocycles. The van der Waals surface area contributed by atoms with Gasteiger partial charge < -0.3 is 9.84 Å². The van der Waals surface area contributed by atoms with Crippen molar-refractivity contribution in [3.8, 4) is 6.01 Å². The second-order valence-corrected chi connectivity index (χ2v) is 6.17. The van der Waals surface area contributed by atoms with Crippen LogP contribution in [0.5, 0.6) is 6.01 Å². The molecule has 0 saturated heterocycles. The molecule has 0 fully saturated rings. The van der Waals surface area contributed by atoms with E-state index >= 15 is 0 Å². The maximum atomic E-state index is 11.8. The van der Waals surface area contributed by atoms with E-state index in [0.29, 0.717) is 17.9 Å². The van der Waals surface area contributed by atoms with Crippen molar-refractivity contribution in [1.82, 2.24) is 9.55 Å². The average Bonchev–Trinajstić information content (AvgIpc) is 2.82. The summed E-state index contributed by atoms with van der Waals surface area (Å²) in [5.74, 6) is -0.442. The largest absolute Gasteiger partial charge is 0.480 e. The first-order valence-electron chi connectivity index (χ1n) is 8.96. The van der Waals surface area contributed by atoms with E-state index in [0.717, 1.165) is 12.8 Å². The van der Waals surface area contributed by atoms with Crippen molar-refractivity contribution in [3.05, 3.63) is 11.4 Å². The number of unbranched alkanes of at least 4 members (excludes halogenated alkanes) is 9. The van der Waals surface area contributed by atoms with Crippen LogP contribution in [-0.2, 0) is 11.3 Å². The molecule has 0 spiro atoms. The molecule has 5 nitrogen and oxygen atoms in total. The number of nitrogens with zero attached hydrogens (tertiary/aromatic N) is 2. The van der Waals surface area contributed by atoms with E-state index in [1.165, 1.54) is 58.5 Å². The molecule has 1 rings (SSSR count). The fraction of sp³-hybridized carbons (Fsp3) is 0.778. The van der Waals surface area contributed by atoms with Crippen LogP contribution in [0.1, 0.15) is 87.3 Å². The van der Waals surface area contributed by atoms with Gasteiger partial charge in [-0.1, -0.05) is 64.7 Å². The minimum Gasteiger partial charge on any atom is -0.480 e. The van der Waals surface area contributed by atoms with Crippen molar-refractivity contribution in [1.29, 1.82) is 0 Å². The summed E-state index contributed by atoms with van der Waals surface area (Å²) in [4.78, 5) is 15.7. The molecule has 132 valence electrons. The summed E-state index contributed by atoms with van der Waals surface area (Å²) in [5.41, 5.74) is 0.877. The normalized spacial score (nSPS) is 10.9. The highest BCUT2D eigenvalue weighted by atomic mass is 16.5. The van der Waals surface area contributed by atoms with Crippen LogP contribution in [-0.4, -0.2) is 27.7 Å². The third-order valence-electron chi connectivity index (χ3n) is 4.24. The molecular formula is C18H32N2O3. The Balaban J connectivity index is 2.22. The van der Waals surface area contributed by atoms with Gasteiger partial charge >= 0.3 is 5.97 Å². The van der Waals surface area contributed by atoms with Gasteiger partial charge in [-0.25, -0.2) is 4.79 Å². The topological polar surface area (TPSA) is 64.3 Å². The number of methoxy groups -OCH3 is 1. The number of aromatic nitrogens is 2. The maximum absolute atomic E-state index is 11.8. The van der Waals surface area contributed by atoms with Crippen LogP contribution in [0.2, 0.25) is 0 Å². The molecule has 0 aliphatic heterocycles. The molecule has 0 unspecified atom stereocenters. The number of aryl methyl sites for hydroxylation is 1. The number of imidazole rings is 1. The first-order chi connectivity index (χ1) is 11.1. The molecule has 0 aliphatic rings. The van der Waals surface area contributed by atoms with Crippen molar-refractivity contribution >= 4 is 5.97 Å². The first-order valence-corrected chi connectivity index (χ1v) is 8.96. The lowest BCUT2D eigenvalue weighted by Gasteiger charge is -2.08.